The van der Waals surface area contributed by atoms with Crippen LogP contribution in [-0.4, -0.2) is 48.0 Å². The quantitative estimate of drug-likeness (QED) is 0.283. The Morgan fingerprint density at radius 2 is 1.93 bits per heavy atom. The number of likely N-dealkylation sites (tertiary alicyclic amines) is 1. The number of ether oxygens (including phenoxy) is 1. The molecule has 12 heteroatoms. The lowest BCUT2D eigenvalue weighted by atomic mass is 10.1. The number of pyridine rings is 1. The number of hydrogen-bond acceptors (Lipinski definition) is 6. The fraction of sp³-hybridized carbons (Fsp3) is 0.250. The highest BCUT2D eigenvalue weighted by molar-refractivity contribution is 7.21. The van der Waals surface area contributed by atoms with Crippen LogP contribution in [0.4, 0.5) is 35.0 Å². The molecule has 0 aliphatic carbocycles. The van der Waals surface area contributed by atoms with E-state index in [4.69, 9.17) is 4.74 Å². The molecule has 8 nitrogen and oxygen atoms in total. The highest BCUT2D eigenvalue weighted by atomic mass is 32.1. The molecule has 0 radical (unpaired) electrons. The topological polar surface area (TPSA) is 86.8 Å². The van der Waals surface area contributed by atoms with E-state index in [2.05, 4.69) is 20.5 Å². The standard InChI is InChI=1S/C28H24F3N5O3S/c1-35-13-5-6-16(15-35)33-25(37)24-23-22-21(11-12-32-26(22)40-24)36(27(38)34-23)20-10-9-18(14-19(20)28(29,30)31)39-17-7-3-2-4-8-17/h2-4,7-12,14,16H,5-6,13,15H2,1H3,(H,33,37)(H,34,38)/t16-/m1/s1. The Morgan fingerprint density at radius 3 is 2.67 bits per heavy atom. The van der Waals surface area contributed by atoms with Crippen LogP contribution in [0.25, 0.3) is 10.2 Å². The maximum absolute atomic E-state index is 14.3. The number of rotatable bonds is 5. The number of alkyl halides is 3. The monoisotopic (exact) mass is 567 g/mol. The summed E-state index contributed by atoms with van der Waals surface area (Å²) in [6, 6.07) is 12.5. The summed E-state index contributed by atoms with van der Waals surface area (Å²) >= 11 is 1.09. The number of piperidine rings is 1. The molecule has 1 saturated heterocycles. The molecule has 2 aromatic carbocycles. The lowest BCUT2D eigenvalue weighted by Gasteiger charge is -2.31. The van der Waals surface area contributed by atoms with E-state index in [1.165, 1.54) is 24.4 Å². The van der Waals surface area contributed by atoms with E-state index < -0.39 is 17.8 Å². The van der Waals surface area contributed by atoms with Gasteiger partial charge in [-0.15, -0.1) is 11.3 Å². The van der Waals surface area contributed by atoms with E-state index in [0.717, 1.165) is 41.7 Å². The van der Waals surface area contributed by atoms with Crippen molar-refractivity contribution in [2.75, 3.05) is 30.4 Å². The molecule has 1 atom stereocenters. The van der Waals surface area contributed by atoms with Gasteiger partial charge in [0, 0.05) is 18.8 Å². The minimum absolute atomic E-state index is 0.0249. The lowest BCUT2D eigenvalue weighted by Crippen LogP contribution is -2.46. The van der Waals surface area contributed by atoms with E-state index in [1.807, 2.05) is 7.05 Å². The normalized spacial score (nSPS) is 17.6. The lowest BCUT2D eigenvalue weighted by molar-refractivity contribution is -0.137. The van der Waals surface area contributed by atoms with Gasteiger partial charge in [-0.3, -0.25) is 9.69 Å². The molecule has 6 rings (SSSR count). The molecule has 2 aliphatic heterocycles. The molecular formula is C28H24F3N5O3S. The molecule has 4 heterocycles. The number of anilines is 3. The molecule has 2 aliphatic rings. The second kappa shape index (κ2) is 10.1. The molecule has 2 aromatic heterocycles. The van der Waals surface area contributed by atoms with Gasteiger partial charge in [0.05, 0.1) is 28.0 Å². The fourth-order valence-corrected chi connectivity index (χ4v) is 6.17. The van der Waals surface area contributed by atoms with Gasteiger partial charge in [-0.05, 0) is 62.8 Å². The number of carbonyl (C=O) groups is 2. The first kappa shape index (κ1) is 26.1. The van der Waals surface area contributed by atoms with Crippen LogP contribution >= 0.6 is 11.3 Å². The number of hydrogen-bond donors (Lipinski definition) is 2. The second-order valence-corrected chi connectivity index (χ2v) is 10.7. The van der Waals surface area contributed by atoms with Crippen LogP contribution in [0.3, 0.4) is 0 Å². The van der Waals surface area contributed by atoms with Crippen molar-refractivity contribution in [3.05, 3.63) is 71.2 Å². The summed E-state index contributed by atoms with van der Waals surface area (Å²) in [5, 5.41) is 6.11. The molecule has 0 spiro atoms. The molecular weight excluding hydrogens is 543 g/mol. The summed E-state index contributed by atoms with van der Waals surface area (Å²) in [6.45, 7) is 1.67. The van der Waals surface area contributed by atoms with Crippen molar-refractivity contribution >= 4 is 50.6 Å². The highest BCUT2D eigenvalue weighted by Gasteiger charge is 2.40. The van der Waals surface area contributed by atoms with Crippen molar-refractivity contribution < 1.29 is 27.5 Å². The highest BCUT2D eigenvalue weighted by Crippen LogP contribution is 2.48. The number of thiophene rings is 1. The van der Waals surface area contributed by atoms with Crippen molar-refractivity contribution in [3.8, 4) is 11.5 Å². The number of benzene rings is 2. The van der Waals surface area contributed by atoms with Crippen molar-refractivity contribution in [1.29, 1.82) is 0 Å². The Hall–Kier alpha value is -4.16. The van der Waals surface area contributed by atoms with Crippen LogP contribution in [0.2, 0.25) is 0 Å². The minimum atomic E-state index is -4.79. The van der Waals surface area contributed by atoms with Gasteiger partial charge in [-0.25, -0.2) is 9.78 Å². The average Bonchev–Trinajstić information content (AvgIpc) is 3.29. The van der Waals surface area contributed by atoms with E-state index in [9.17, 15) is 22.8 Å². The summed E-state index contributed by atoms with van der Waals surface area (Å²) in [4.78, 5) is 34.8. The minimum Gasteiger partial charge on any atom is -0.457 e. The molecule has 0 saturated carbocycles. The predicted octanol–water partition coefficient (Wildman–Crippen LogP) is 6.62. The van der Waals surface area contributed by atoms with Gasteiger partial charge in [0.25, 0.3) is 5.91 Å². The third-order valence-electron chi connectivity index (χ3n) is 6.91. The van der Waals surface area contributed by atoms with Gasteiger partial charge < -0.3 is 20.3 Å². The van der Waals surface area contributed by atoms with Gasteiger partial charge in [0.1, 0.15) is 21.2 Å². The van der Waals surface area contributed by atoms with Gasteiger partial charge in [0.15, 0.2) is 0 Å². The number of amides is 3. The summed E-state index contributed by atoms with van der Waals surface area (Å²) in [6.07, 6.45) is -1.58. The van der Waals surface area contributed by atoms with Crippen LogP contribution in [0, 0.1) is 0 Å². The Morgan fingerprint density at radius 1 is 1.12 bits per heavy atom. The molecule has 0 unspecified atom stereocenters. The molecule has 4 aromatic rings. The third kappa shape index (κ3) is 4.84. The number of halogens is 3. The van der Waals surface area contributed by atoms with E-state index in [-0.39, 0.29) is 39.6 Å². The fourth-order valence-electron chi connectivity index (χ4n) is 5.14. The zero-order valence-corrected chi connectivity index (χ0v) is 22.1. The maximum Gasteiger partial charge on any atom is 0.418 e. The van der Waals surface area contributed by atoms with Gasteiger partial charge in [0.2, 0.25) is 0 Å². The average molecular weight is 568 g/mol. The molecule has 3 amide bonds. The van der Waals surface area contributed by atoms with Crippen LogP contribution in [0.5, 0.6) is 11.5 Å². The largest absolute Gasteiger partial charge is 0.457 e. The number of carbonyl (C=O) groups excluding carboxylic acids is 2. The number of aromatic nitrogens is 1. The van der Waals surface area contributed by atoms with Crippen LogP contribution < -0.4 is 20.3 Å². The van der Waals surface area contributed by atoms with Crippen molar-refractivity contribution in [2.24, 2.45) is 0 Å². The van der Waals surface area contributed by atoms with Crippen LogP contribution in [0.1, 0.15) is 28.1 Å². The summed E-state index contributed by atoms with van der Waals surface area (Å²) in [5.74, 6) is 0.00280. The predicted molar refractivity (Wildman–Crippen MR) is 147 cm³/mol. The molecule has 2 N–H and O–H groups in total. The van der Waals surface area contributed by atoms with Gasteiger partial charge in [-0.1, -0.05) is 18.2 Å². The Kier molecular flexibility index (Phi) is 6.59. The smallest absolute Gasteiger partial charge is 0.418 e. The Balaban J connectivity index is 1.39. The summed E-state index contributed by atoms with van der Waals surface area (Å²) in [7, 11) is 1.99. The third-order valence-corrected chi connectivity index (χ3v) is 8.00. The molecule has 1 fully saturated rings. The van der Waals surface area contributed by atoms with Gasteiger partial charge in [-0.2, -0.15) is 13.2 Å². The van der Waals surface area contributed by atoms with Crippen LogP contribution in [-0.2, 0) is 6.18 Å². The SMILES string of the molecule is CN1CCC[C@@H](NC(=O)c2sc3nccc4c3c2NC(=O)N4c2ccc(Oc3ccccc3)cc2C(F)(F)F)C1. The summed E-state index contributed by atoms with van der Waals surface area (Å²) < 4.78 is 48.6. The molecule has 206 valence electrons. The number of nitrogens with one attached hydrogen (secondary N) is 2. The van der Waals surface area contributed by atoms with Crippen molar-refractivity contribution in [1.82, 2.24) is 15.2 Å². The Bertz CT molecular complexity index is 1610. The summed E-state index contributed by atoms with van der Waals surface area (Å²) in [5.41, 5.74) is -0.951. The van der Waals surface area contributed by atoms with E-state index in [0.29, 0.717) is 22.5 Å². The van der Waals surface area contributed by atoms with E-state index in [1.54, 1.807) is 30.3 Å². The Labute approximate surface area is 231 Å². The first-order valence-corrected chi connectivity index (χ1v) is 13.5. The number of urea groups is 1. The number of para-hydroxylation sites is 1. The first-order chi connectivity index (χ1) is 19.2. The first-order valence-electron chi connectivity index (χ1n) is 12.6. The zero-order chi connectivity index (χ0) is 28.0. The van der Waals surface area contributed by atoms with Crippen molar-refractivity contribution in [3.63, 3.8) is 0 Å². The van der Waals surface area contributed by atoms with Crippen LogP contribution in [0.15, 0.2) is 60.8 Å². The number of likely N-dealkylation sites (N-methyl/N-ethyl adjacent to an activating group) is 1. The molecule has 0 bridgehead atoms. The van der Waals surface area contributed by atoms with E-state index >= 15 is 0 Å². The van der Waals surface area contributed by atoms with Gasteiger partial charge >= 0.3 is 12.2 Å². The zero-order valence-electron chi connectivity index (χ0n) is 21.3. The maximum atomic E-state index is 14.3. The second-order valence-electron chi connectivity index (χ2n) is 9.75. The van der Waals surface area contributed by atoms with Crippen molar-refractivity contribution in [2.45, 2.75) is 25.1 Å². The number of nitrogens with zero attached hydrogens (tertiary/aromatic N) is 3. The molecule has 40 heavy (non-hydrogen) atoms.